The Labute approximate surface area is 168 Å². The first kappa shape index (κ1) is 20.3. The normalized spacial score (nSPS) is 11.7. The van der Waals surface area contributed by atoms with Crippen LogP contribution < -0.4 is 5.56 Å². The average Bonchev–Trinajstić information content (AvgIpc) is 2.90. The summed E-state index contributed by atoms with van der Waals surface area (Å²) in [5.41, 5.74) is 0.945. The third-order valence-electron chi connectivity index (χ3n) is 4.21. The highest BCUT2D eigenvalue weighted by Gasteiger charge is 2.14. The molecule has 1 heterocycles. The van der Waals surface area contributed by atoms with Gasteiger partial charge in [-0.1, -0.05) is 23.4 Å². The Hall–Kier alpha value is -3.40. The van der Waals surface area contributed by atoms with Crippen molar-refractivity contribution in [2.45, 2.75) is 11.8 Å². The molecule has 0 saturated carbocycles. The monoisotopic (exact) mass is 413 g/mol. The van der Waals surface area contributed by atoms with Crippen molar-refractivity contribution in [1.29, 1.82) is 0 Å². The van der Waals surface area contributed by atoms with Gasteiger partial charge in [-0.2, -0.15) is 0 Å². The summed E-state index contributed by atoms with van der Waals surface area (Å²) in [6.07, 6.45) is 0. The number of aromatic nitrogens is 2. The van der Waals surface area contributed by atoms with E-state index >= 15 is 0 Å². The summed E-state index contributed by atoms with van der Waals surface area (Å²) in [5.74, 6) is 0. The largest absolute Gasteiger partial charge is 0.567 e. The Morgan fingerprint density at radius 1 is 1.00 bits per heavy atom. The lowest BCUT2D eigenvalue weighted by Gasteiger charge is -2.20. The lowest BCUT2D eigenvalue weighted by molar-refractivity contribution is 0.408. The second-order valence-corrected chi connectivity index (χ2v) is 8.11. The highest BCUT2D eigenvalue weighted by atomic mass is 32.2. The van der Waals surface area contributed by atoms with E-state index in [0.717, 1.165) is 0 Å². The maximum absolute atomic E-state index is 12.9. The lowest BCUT2D eigenvalue weighted by Crippen LogP contribution is -2.19. The number of benzene rings is 2. The van der Waals surface area contributed by atoms with Gasteiger partial charge in [0.05, 0.1) is 16.3 Å². The summed E-state index contributed by atoms with van der Waals surface area (Å²) < 4.78 is 32.3. The molecule has 0 N–H and O–H groups in total. The molecule has 0 radical (unpaired) electrons. The molecule has 0 spiro atoms. The van der Waals surface area contributed by atoms with Crippen LogP contribution in [0.2, 0.25) is 0 Å². The maximum Gasteiger partial charge on any atom is 0.257 e. The Kier molecular flexibility index (Phi) is 5.55. The van der Waals surface area contributed by atoms with Crippen molar-refractivity contribution in [2.75, 3.05) is 14.1 Å². The maximum atomic E-state index is 12.9. The first-order valence-electron chi connectivity index (χ1n) is 8.72. The van der Waals surface area contributed by atoms with Gasteiger partial charge >= 0.3 is 0 Å². The Balaban J connectivity index is 1.94. The van der Waals surface area contributed by atoms with E-state index in [1.54, 1.807) is 57.0 Å². The van der Waals surface area contributed by atoms with Crippen molar-refractivity contribution in [3.63, 3.8) is 0 Å². The minimum atomic E-state index is -4.08. The van der Waals surface area contributed by atoms with Crippen molar-refractivity contribution in [3.05, 3.63) is 75.4 Å². The van der Waals surface area contributed by atoms with E-state index < -0.39 is 15.6 Å². The van der Waals surface area contributed by atoms with Gasteiger partial charge in [0.2, 0.25) is 0 Å². The SMILES string of the molecule is Cc1c([N-]S(=O)(=O)c2ccc(N=NN(C)C)cc2)c(=O)n(-c2ccccc2)n1C. The molecule has 0 aliphatic rings. The molecule has 3 rings (SSSR count). The predicted octanol–water partition coefficient (Wildman–Crippen LogP) is 3.44. The zero-order valence-corrected chi connectivity index (χ0v) is 17.3. The van der Waals surface area contributed by atoms with Gasteiger partial charge in [0.15, 0.2) is 0 Å². The molecule has 0 bridgehead atoms. The van der Waals surface area contributed by atoms with E-state index in [2.05, 4.69) is 15.1 Å². The van der Waals surface area contributed by atoms with Gasteiger partial charge in [-0.15, -0.1) is 5.11 Å². The number of hydrogen-bond donors (Lipinski definition) is 0. The molecule has 0 saturated heterocycles. The van der Waals surface area contributed by atoms with Gasteiger partial charge in [-0.25, -0.2) is 13.1 Å². The van der Waals surface area contributed by atoms with Crippen molar-refractivity contribution in [3.8, 4) is 5.69 Å². The standard InChI is InChI=1S/C19H21N6O3S/c1-14-18(19(26)25(24(14)4)16-8-6-5-7-9-16)21-29(27,28)17-12-10-15(11-13-17)20-22-23(2)3/h5-13H,1-4H3/q-1. The van der Waals surface area contributed by atoms with Crippen LogP contribution in [0.3, 0.4) is 0 Å². The first-order valence-corrected chi connectivity index (χ1v) is 10.2. The molecule has 0 fully saturated rings. The second-order valence-electron chi connectivity index (χ2n) is 6.51. The van der Waals surface area contributed by atoms with E-state index in [1.807, 2.05) is 6.07 Å². The van der Waals surface area contributed by atoms with Crippen molar-refractivity contribution >= 4 is 21.4 Å². The molecule has 3 aromatic rings. The fraction of sp³-hybridized carbons (Fsp3) is 0.211. The van der Waals surface area contributed by atoms with Gasteiger partial charge in [0.1, 0.15) is 10.0 Å². The Morgan fingerprint density at radius 3 is 2.21 bits per heavy atom. The summed E-state index contributed by atoms with van der Waals surface area (Å²) >= 11 is 0. The van der Waals surface area contributed by atoms with Crippen LogP contribution in [0, 0.1) is 6.92 Å². The molecule has 0 atom stereocenters. The van der Waals surface area contributed by atoms with Crippen LogP contribution in [0.15, 0.2) is 74.6 Å². The van der Waals surface area contributed by atoms with E-state index in [9.17, 15) is 13.2 Å². The van der Waals surface area contributed by atoms with Crippen LogP contribution in [-0.4, -0.2) is 36.9 Å². The Bertz CT molecular complexity index is 1190. The van der Waals surface area contributed by atoms with Crippen LogP contribution in [0.4, 0.5) is 11.4 Å². The van der Waals surface area contributed by atoms with E-state index in [0.29, 0.717) is 17.1 Å². The lowest BCUT2D eigenvalue weighted by atomic mass is 10.3. The molecular formula is C19H21N6O3S-. The molecule has 152 valence electrons. The number of para-hydroxylation sites is 1. The van der Waals surface area contributed by atoms with Crippen molar-refractivity contribution in [2.24, 2.45) is 17.4 Å². The van der Waals surface area contributed by atoms with Crippen LogP contribution in [0.1, 0.15) is 5.69 Å². The van der Waals surface area contributed by atoms with Gasteiger partial charge in [-0.05, 0) is 49.0 Å². The van der Waals surface area contributed by atoms with Gasteiger partial charge in [-0.3, -0.25) is 14.5 Å². The molecule has 0 aliphatic carbocycles. The average molecular weight is 413 g/mol. The molecule has 0 amide bonds. The quantitative estimate of drug-likeness (QED) is 0.456. The van der Waals surface area contributed by atoms with E-state index in [-0.39, 0.29) is 10.6 Å². The van der Waals surface area contributed by atoms with Crippen LogP contribution in [-0.2, 0) is 17.1 Å². The summed E-state index contributed by atoms with van der Waals surface area (Å²) in [5, 5.41) is 9.34. The summed E-state index contributed by atoms with van der Waals surface area (Å²) in [6.45, 7) is 1.65. The van der Waals surface area contributed by atoms with Gasteiger partial charge in [0, 0.05) is 26.8 Å². The molecule has 0 unspecified atom stereocenters. The summed E-state index contributed by atoms with van der Waals surface area (Å²) in [6, 6.07) is 14.8. The fourth-order valence-corrected chi connectivity index (χ4v) is 3.69. The van der Waals surface area contributed by atoms with Crippen LogP contribution >= 0.6 is 0 Å². The zero-order valence-electron chi connectivity index (χ0n) is 16.5. The molecule has 10 heteroatoms. The number of rotatable bonds is 6. The molecule has 1 aromatic heterocycles. The van der Waals surface area contributed by atoms with Crippen molar-refractivity contribution < 1.29 is 8.42 Å². The second kappa shape index (κ2) is 7.92. The molecule has 9 nitrogen and oxygen atoms in total. The molecule has 29 heavy (non-hydrogen) atoms. The number of hydrogen-bond acceptors (Lipinski definition) is 5. The fourth-order valence-electron chi connectivity index (χ4n) is 2.66. The van der Waals surface area contributed by atoms with Crippen LogP contribution in [0.25, 0.3) is 10.4 Å². The molecule has 2 aromatic carbocycles. The highest BCUT2D eigenvalue weighted by molar-refractivity contribution is 7.94. The highest BCUT2D eigenvalue weighted by Crippen LogP contribution is 2.29. The first-order chi connectivity index (χ1) is 13.7. The van der Waals surface area contributed by atoms with E-state index in [1.165, 1.54) is 34.0 Å². The summed E-state index contributed by atoms with van der Waals surface area (Å²) in [4.78, 5) is 12.8. The number of sulfonamides is 1. The molecule has 0 aliphatic heterocycles. The third-order valence-corrected chi connectivity index (χ3v) is 5.50. The molecular weight excluding hydrogens is 392 g/mol. The minimum absolute atomic E-state index is 0.0322. The summed E-state index contributed by atoms with van der Waals surface area (Å²) in [7, 11) is 1.06. The predicted molar refractivity (Wildman–Crippen MR) is 111 cm³/mol. The third kappa shape index (κ3) is 4.21. The van der Waals surface area contributed by atoms with Crippen molar-refractivity contribution in [1.82, 2.24) is 14.4 Å². The topological polar surface area (TPSA) is 103 Å². The Morgan fingerprint density at radius 2 is 1.62 bits per heavy atom. The van der Waals surface area contributed by atoms with E-state index in [4.69, 9.17) is 0 Å². The van der Waals surface area contributed by atoms with Gasteiger partial charge in [0.25, 0.3) is 5.56 Å². The van der Waals surface area contributed by atoms with Gasteiger partial charge < -0.3 is 4.72 Å². The number of nitrogens with zero attached hydrogens (tertiary/aromatic N) is 6. The minimum Gasteiger partial charge on any atom is -0.567 e. The smallest absolute Gasteiger partial charge is 0.257 e. The van der Waals surface area contributed by atoms with Crippen LogP contribution in [0.5, 0.6) is 0 Å². The zero-order chi connectivity index (χ0) is 21.2.